The van der Waals surface area contributed by atoms with Crippen LogP contribution in [0, 0.1) is 17.0 Å². The smallest absolute Gasteiger partial charge is 0.313 e. The second kappa shape index (κ2) is 5.36. The second-order valence-corrected chi connectivity index (χ2v) is 4.38. The summed E-state index contributed by atoms with van der Waals surface area (Å²) in [5.74, 6) is 0.161. The Bertz CT molecular complexity index is 514. The number of Topliss-reactive ketones (excluding diaryl/α,β-unsaturated/α-hetero) is 1. The quantitative estimate of drug-likeness (QED) is 0.601. The van der Waals surface area contributed by atoms with Crippen molar-refractivity contribution < 1.29 is 19.2 Å². The average Bonchev–Trinajstić information content (AvgIpc) is 2.35. The number of ether oxygens (including phenoxy) is 2. The van der Waals surface area contributed by atoms with Gasteiger partial charge in [-0.2, -0.15) is 0 Å². The Hall–Kier alpha value is -1.95. The molecular weight excluding hydrogens is 250 g/mol. The van der Waals surface area contributed by atoms with Crippen molar-refractivity contribution in [2.75, 3.05) is 6.61 Å². The molecule has 102 valence electrons. The Kier molecular flexibility index (Phi) is 3.80. The van der Waals surface area contributed by atoms with E-state index in [1.54, 1.807) is 26.0 Å². The Morgan fingerprint density at radius 1 is 1.47 bits per heavy atom. The number of rotatable bonds is 5. The number of carbonyl (C=O) groups is 1. The fourth-order valence-corrected chi connectivity index (χ4v) is 2.08. The molecule has 0 N–H and O–H groups in total. The Labute approximate surface area is 110 Å². The standard InChI is InChI=1S/C13H15NO5/c1-3-18-13-9(15)7-11(13)19-10-6-4-5-8(2)12(10)14(16)17/h4-6,11,13H,3,7H2,1-2H3. The number of nitrogens with zero attached hydrogens (tertiary/aromatic N) is 1. The molecule has 0 spiro atoms. The fraction of sp³-hybridized carbons (Fsp3) is 0.462. The SMILES string of the molecule is CCOC1C(=O)CC1Oc1cccc(C)c1[N+](=O)[O-]. The summed E-state index contributed by atoms with van der Waals surface area (Å²) in [5, 5.41) is 11.0. The molecule has 1 fully saturated rings. The Morgan fingerprint density at radius 2 is 2.21 bits per heavy atom. The third-order valence-corrected chi connectivity index (χ3v) is 3.07. The third kappa shape index (κ3) is 2.58. The van der Waals surface area contributed by atoms with Gasteiger partial charge < -0.3 is 9.47 Å². The van der Waals surface area contributed by atoms with Gasteiger partial charge in [-0.05, 0) is 19.9 Å². The highest BCUT2D eigenvalue weighted by molar-refractivity contribution is 5.90. The topological polar surface area (TPSA) is 78.7 Å². The Morgan fingerprint density at radius 3 is 2.79 bits per heavy atom. The summed E-state index contributed by atoms with van der Waals surface area (Å²) < 4.78 is 10.8. The average molecular weight is 265 g/mol. The van der Waals surface area contributed by atoms with Crippen LogP contribution in [-0.2, 0) is 9.53 Å². The number of carbonyl (C=O) groups excluding carboxylic acids is 1. The minimum absolute atomic E-state index is 0.0258. The van der Waals surface area contributed by atoms with Crippen LogP contribution in [0.2, 0.25) is 0 Å². The zero-order valence-electron chi connectivity index (χ0n) is 10.8. The van der Waals surface area contributed by atoms with Gasteiger partial charge >= 0.3 is 5.69 Å². The number of aryl methyl sites for hydroxylation is 1. The van der Waals surface area contributed by atoms with E-state index in [1.165, 1.54) is 6.07 Å². The maximum absolute atomic E-state index is 11.4. The lowest BCUT2D eigenvalue weighted by atomic mass is 9.90. The van der Waals surface area contributed by atoms with E-state index in [-0.39, 0.29) is 23.6 Å². The maximum Gasteiger partial charge on any atom is 0.313 e. The first-order chi connectivity index (χ1) is 9.04. The molecule has 0 aromatic heterocycles. The minimum Gasteiger partial charge on any atom is -0.480 e. The number of para-hydroxylation sites is 1. The van der Waals surface area contributed by atoms with E-state index >= 15 is 0 Å². The van der Waals surface area contributed by atoms with E-state index in [4.69, 9.17) is 9.47 Å². The number of hydrogen-bond donors (Lipinski definition) is 0. The zero-order chi connectivity index (χ0) is 14.0. The van der Waals surface area contributed by atoms with Crippen LogP contribution in [0.15, 0.2) is 18.2 Å². The van der Waals surface area contributed by atoms with Crippen LogP contribution < -0.4 is 4.74 Å². The number of ketones is 1. The molecule has 6 nitrogen and oxygen atoms in total. The number of hydrogen-bond acceptors (Lipinski definition) is 5. The van der Waals surface area contributed by atoms with Gasteiger partial charge in [0, 0.05) is 18.6 Å². The number of nitro groups is 1. The molecule has 0 bridgehead atoms. The van der Waals surface area contributed by atoms with E-state index in [9.17, 15) is 14.9 Å². The van der Waals surface area contributed by atoms with Crippen LogP contribution in [-0.4, -0.2) is 29.5 Å². The molecule has 6 heteroatoms. The lowest BCUT2D eigenvalue weighted by molar-refractivity contribution is -0.386. The van der Waals surface area contributed by atoms with Crippen LogP contribution >= 0.6 is 0 Å². The number of benzene rings is 1. The lowest BCUT2D eigenvalue weighted by Crippen LogP contribution is -2.52. The normalized spacial score (nSPS) is 21.9. The van der Waals surface area contributed by atoms with Crippen LogP contribution in [0.3, 0.4) is 0 Å². The summed E-state index contributed by atoms with van der Waals surface area (Å²) in [7, 11) is 0. The van der Waals surface area contributed by atoms with Crippen LogP contribution in [0.5, 0.6) is 5.75 Å². The van der Waals surface area contributed by atoms with Crippen LogP contribution in [0.4, 0.5) is 5.69 Å². The third-order valence-electron chi connectivity index (χ3n) is 3.07. The molecular formula is C13H15NO5. The van der Waals surface area contributed by atoms with Gasteiger partial charge in [0.25, 0.3) is 0 Å². The van der Waals surface area contributed by atoms with Crippen molar-refractivity contribution in [1.82, 2.24) is 0 Å². The molecule has 0 heterocycles. The van der Waals surface area contributed by atoms with Gasteiger partial charge in [0.1, 0.15) is 6.10 Å². The molecule has 1 aromatic carbocycles. The fourth-order valence-electron chi connectivity index (χ4n) is 2.08. The Balaban J connectivity index is 2.18. The van der Waals surface area contributed by atoms with Gasteiger partial charge in [-0.3, -0.25) is 14.9 Å². The number of nitro benzene ring substituents is 1. The summed E-state index contributed by atoms with van der Waals surface area (Å²) in [6.45, 7) is 3.85. The molecule has 0 amide bonds. The summed E-state index contributed by atoms with van der Waals surface area (Å²) >= 11 is 0. The largest absolute Gasteiger partial charge is 0.480 e. The van der Waals surface area contributed by atoms with Crippen LogP contribution in [0.1, 0.15) is 18.9 Å². The molecule has 2 atom stereocenters. The predicted octanol–water partition coefficient (Wildman–Crippen LogP) is 2.03. The van der Waals surface area contributed by atoms with E-state index in [1.807, 2.05) is 0 Å². The van der Waals surface area contributed by atoms with Crippen molar-refractivity contribution >= 4 is 11.5 Å². The van der Waals surface area contributed by atoms with E-state index in [0.717, 1.165) is 0 Å². The molecule has 1 aliphatic rings. The van der Waals surface area contributed by atoms with E-state index < -0.39 is 17.1 Å². The summed E-state index contributed by atoms with van der Waals surface area (Å²) in [4.78, 5) is 21.9. The maximum atomic E-state index is 11.4. The van der Waals surface area contributed by atoms with Gasteiger partial charge in [0.05, 0.1) is 4.92 Å². The second-order valence-electron chi connectivity index (χ2n) is 4.38. The van der Waals surface area contributed by atoms with E-state index in [2.05, 4.69) is 0 Å². The monoisotopic (exact) mass is 265 g/mol. The summed E-state index contributed by atoms with van der Waals surface area (Å²) in [5.41, 5.74) is 0.471. The molecule has 19 heavy (non-hydrogen) atoms. The van der Waals surface area contributed by atoms with Gasteiger partial charge in [-0.15, -0.1) is 0 Å². The first kappa shape index (κ1) is 13.5. The van der Waals surface area contributed by atoms with Crippen molar-refractivity contribution in [3.8, 4) is 5.75 Å². The van der Waals surface area contributed by atoms with Crippen molar-refractivity contribution in [1.29, 1.82) is 0 Å². The molecule has 0 saturated heterocycles. The zero-order valence-corrected chi connectivity index (χ0v) is 10.8. The van der Waals surface area contributed by atoms with Gasteiger partial charge in [0.2, 0.25) is 0 Å². The molecule has 0 radical (unpaired) electrons. The molecule has 1 aromatic rings. The first-order valence-electron chi connectivity index (χ1n) is 6.09. The van der Waals surface area contributed by atoms with Crippen LogP contribution in [0.25, 0.3) is 0 Å². The molecule has 1 saturated carbocycles. The highest BCUT2D eigenvalue weighted by atomic mass is 16.6. The molecule has 0 aliphatic heterocycles. The van der Waals surface area contributed by atoms with Crippen molar-refractivity contribution in [2.45, 2.75) is 32.5 Å². The van der Waals surface area contributed by atoms with E-state index in [0.29, 0.717) is 12.2 Å². The summed E-state index contributed by atoms with van der Waals surface area (Å²) in [6.07, 6.45) is -0.812. The first-order valence-corrected chi connectivity index (χ1v) is 6.09. The predicted molar refractivity (Wildman–Crippen MR) is 67.3 cm³/mol. The van der Waals surface area contributed by atoms with Crippen molar-refractivity contribution in [2.24, 2.45) is 0 Å². The lowest BCUT2D eigenvalue weighted by Gasteiger charge is -2.34. The summed E-state index contributed by atoms with van der Waals surface area (Å²) in [6, 6.07) is 4.88. The molecule has 1 aliphatic carbocycles. The molecule has 2 unspecified atom stereocenters. The molecule has 2 rings (SSSR count). The van der Waals surface area contributed by atoms with Gasteiger partial charge in [-0.25, -0.2) is 0 Å². The highest BCUT2D eigenvalue weighted by Crippen LogP contribution is 2.34. The van der Waals surface area contributed by atoms with Crippen molar-refractivity contribution in [3.05, 3.63) is 33.9 Å². The van der Waals surface area contributed by atoms with Gasteiger partial charge in [0.15, 0.2) is 17.6 Å². The minimum atomic E-state index is -0.606. The van der Waals surface area contributed by atoms with Gasteiger partial charge in [-0.1, -0.05) is 12.1 Å². The van der Waals surface area contributed by atoms with Crippen molar-refractivity contribution in [3.63, 3.8) is 0 Å². The highest BCUT2D eigenvalue weighted by Gasteiger charge is 2.43.